The van der Waals surface area contributed by atoms with Crippen molar-refractivity contribution in [2.45, 2.75) is 34.6 Å². The molecule has 0 bridgehead atoms. The Labute approximate surface area is 277 Å². The summed E-state index contributed by atoms with van der Waals surface area (Å²) in [5.41, 5.74) is 0.935. The van der Waals surface area contributed by atoms with E-state index in [0.717, 1.165) is 15.6 Å². The van der Waals surface area contributed by atoms with Crippen molar-refractivity contribution >= 4 is 33.8 Å². The van der Waals surface area contributed by atoms with Gasteiger partial charge in [0.1, 0.15) is 22.9 Å². The number of carboxylic acid groups (broad SMARTS) is 1. The number of phenolic OH excluding ortho intramolecular Hbond substituents is 2. The second-order valence-corrected chi connectivity index (χ2v) is 8.58. The number of benzene rings is 4. The number of H-pyrrole nitrogens is 1. The number of azo groups is 2. The van der Waals surface area contributed by atoms with E-state index < -0.39 is 11.5 Å². The van der Waals surface area contributed by atoms with Gasteiger partial charge in [0.2, 0.25) is 0 Å². The van der Waals surface area contributed by atoms with Gasteiger partial charge in [-0.25, -0.2) is 9.48 Å². The number of phenols is 2. The molecule has 0 aliphatic heterocycles. The number of aryl methyl sites for hydroxylation is 1. The molecule has 1 radical (unpaired) electrons. The first kappa shape index (κ1) is 38.8. The Kier molecular flexibility index (Phi) is 16.2. The van der Waals surface area contributed by atoms with Crippen LogP contribution in [0.3, 0.4) is 0 Å². The number of aromatic nitrogens is 2. The number of ether oxygens (including phenoxy) is 1. The maximum Gasteiger partial charge on any atom is 0.356 e. The van der Waals surface area contributed by atoms with Crippen molar-refractivity contribution in [3.8, 4) is 22.9 Å². The van der Waals surface area contributed by atoms with E-state index in [0.29, 0.717) is 22.5 Å². The fourth-order valence-corrected chi connectivity index (χ4v) is 3.92. The molecule has 1 heterocycles. The first-order valence-corrected chi connectivity index (χ1v) is 14.2. The maximum absolute atomic E-state index is 12.0. The summed E-state index contributed by atoms with van der Waals surface area (Å²) in [5.74, 6) is -0.625. The Morgan fingerprint density at radius 2 is 1.48 bits per heavy atom. The number of rotatable bonds is 6. The number of hydrogen-bond acceptors (Lipinski definition) is 9. The molecular formula is C33H38CuN6O6. The quantitative estimate of drug-likeness (QED) is 0.103. The zero-order chi connectivity index (χ0) is 33.5. The van der Waals surface area contributed by atoms with Gasteiger partial charge in [-0.05, 0) is 48.2 Å². The van der Waals surface area contributed by atoms with E-state index in [1.165, 1.54) is 20.2 Å². The van der Waals surface area contributed by atoms with Crippen molar-refractivity contribution in [3.63, 3.8) is 0 Å². The smallest absolute Gasteiger partial charge is 0.356 e. The molecule has 1 aromatic heterocycles. The molecule has 0 fully saturated rings. The maximum atomic E-state index is 12.0. The van der Waals surface area contributed by atoms with E-state index in [9.17, 15) is 19.8 Å². The van der Waals surface area contributed by atoms with Crippen LogP contribution in [0, 0.1) is 6.92 Å². The summed E-state index contributed by atoms with van der Waals surface area (Å²) in [6.07, 6.45) is 0. The van der Waals surface area contributed by atoms with Crippen LogP contribution in [-0.4, -0.2) is 45.2 Å². The molecule has 0 unspecified atom stereocenters. The molecule has 0 spiro atoms. The van der Waals surface area contributed by atoms with Crippen LogP contribution in [0.1, 0.15) is 43.7 Å². The fourth-order valence-electron chi connectivity index (χ4n) is 3.92. The van der Waals surface area contributed by atoms with Crippen molar-refractivity contribution in [1.29, 1.82) is 0 Å². The van der Waals surface area contributed by atoms with Gasteiger partial charge in [0, 0.05) is 35.6 Å². The molecule has 4 aromatic carbocycles. The number of methoxy groups -OCH3 is 1. The number of aromatic carboxylic acids is 1. The Bertz CT molecular complexity index is 1830. The third-order valence-corrected chi connectivity index (χ3v) is 5.92. The minimum absolute atomic E-state index is 0. The van der Waals surface area contributed by atoms with Gasteiger partial charge in [-0.15, -0.1) is 15.3 Å². The second-order valence-electron chi connectivity index (χ2n) is 8.58. The molecule has 247 valence electrons. The third kappa shape index (κ3) is 9.37. The van der Waals surface area contributed by atoms with Crippen molar-refractivity contribution in [3.05, 3.63) is 100 Å². The summed E-state index contributed by atoms with van der Waals surface area (Å²) in [6, 6.07) is 22.8. The number of nitrogens with one attached hydrogen (secondary N) is 1. The molecule has 0 saturated carbocycles. The molecule has 5 rings (SSSR count). The van der Waals surface area contributed by atoms with Crippen LogP contribution >= 0.6 is 0 Å². The number of carboxylic acids is 1. The predicted molar refractivity (Wildman–Crippen MR) is 176 cm³/mol. The largest absolute Gasteiger partial charge is 0.506 e. The number of nitrogens with zero attached hydrogens (tertiary/aromatic N) is 5. The zero-order valence-electron chi connectivity index (χ0n) is 26.6. The van der Waals surface area contributed by atoms with Crippen LogP contribution in [0.4, 0.5) is 17.1 Å². The zero-order valence-corrected chi connectivity index (χ0v) is 27.6. The van der Waals surface area contributed by atoms with Gasteiger partial charge in [-0.3, -0.25) is 9.89 Å². The van der Waals surface area contributed by atoms with E-state index in [1.807, 2.05) is 65.0 Å². The third-order valence-electron chi connectivity index (χ3n) is 5.92. The van der Waals surface area contributed by atoms with E-state index in [2.05, 4.69) is 25.6 Å². The molecule has 5 aromatic rings. The molecule has 0 aliphatic carbocycles. The molecule has 4 N–H and O–H groups in total. The molecule has 13 heteroatoms. The number of aromatic amines is 1. The van der Waals surface area contributed by atoms with Gasteiger partial charge >= 0.3 is 5.97 Å². The summed E-state index contributed by atoms with van der Waals surface area (Å²) in [4.78, 5) is 23.0. The van der Waals surface area contributed by atoms with E-state index in [1.54, 1.807) is 42.5 Å². The Morgan fingerprint density at radius 3 is 2.09 bits per heavy atom. The first-order chi connectivity index (χ1) is 21.7. The van der Waals surface area contributed by atoms with Crippen LogP contribution in [0.2, 0.25) is 0 Å². The fraction of sp³-hybridized carbons (Fsp3) is 0.212. The van der Waals surface area contributed by atoms with Gasteiger partial charge in [-0.1, -0.05) is 70.2 Å². The standard InChI is InChI=1S/C18H16N2O3.C11H10N4O3.2C2H6.Cu/c1-11-9-12-5-3-4-6-14(12)18(22)17(11)20-19-15-10-13(23-2)7-8-16(15)21;1-12-13-8-9(11(17)18)14-15(10(8)16)7-5-3-2-4-6-7;2*1-2;/h3-10,21-22H,1-2H3;2-6,14H,1H3,(H,17,18);2*1-2H3;. The Hall–Kier alpha value is -5.26. The number of aromatic hydroxyl groups is 2. The SMILES string of the molecule is CC.CC.CN=Nc1c(C(=O)O)[nH]n(-c2ccccc2)c1=O.COc1ccc(O)c(N=Nc2c(C)cc3ccccc3c2O)c1.[Cu]. The average molecular weight is 678 g/mol. The number of fused-ring (bicyclic) bond motifs is 1. The number of para-hydroxylation sites is 1. The molecule has 0 saturated heterocycles. The van der Waals surface area contributed by atoms with Gasteiger partial charge in [0.25, 0.3) is 5.56 Å². The Balaban J connectivity index is 0.000000417. The summed E-state index contributed by atoms with van der Waals surface area (Å²) in [5, 5.41) is 48.6. The van der Waals surface area contributed by atoms with Crippen molar-refractivity contribution in [2.75, 3.05) is 14.2 Å². The number of carbonyl (C=O) groups is 1. The van der Waals surface area contributed by atoms with Crippen molar-refractivity contribution in [1.82, 2.24) is 9.78 Å². The summed E-state index contributed by atoms with van der Waals surface area (Å²) in [6.45, 7) is 9.85. The molecule has 0 aliphatic rings. The molecular weight excluding hydrogens is 640 g/mol. The number of hydrogen-bond donors (Lipinski definition) is 4. The van der Waals surface area contributed by atoms with Gasteiger partial charge < -0.3 is 20.1 Å². The average Bonchev–Trinajstić information content (AvgIpc) is 3.40. The predicted octanol–water partition coefficient (Wildman–Crippen LogP) is 8.61. The molecule has 0 atom stereocenters. The monoisotopic (exact) mass is 677 g/mol. The summed E-state index contributed by atoms with van der Waals surface area (Å²) in [7, 11) is 2.90. The van der Waals surface area contributed by atoms with Gasteiger partial charge in [0.05, 0.1) is 12.8 Å². The van der Waals surface area contributed by atoms with Crippen LogP contribution < -0.4 is 10.3 Å². The normalized spacial score (nSPS) is 10.2. The molecule has 0 amide bonds. The molecule has 12 nitrogen and oxygen atoms in total. The topological polar surface area (TPSA) is 174 Å². The van der Waals surface area contributed by atoms with Crippen molar-refractivity contribution in [2.24, 2.45) is 20.5 Å². The van der Waals surface area contributed by atoms with E-state index in [4.69, 9.17) is 9.84 Å². The van der Waals surface area contributed by atoms with E-state index >= 15 is 0 Å². The first-order valence-electron chi connectivity index (χ1n) is 14.2. The Morgan fingerprint density at radius 1 is 0.848 bits per heavy atom. The van der Waals surface area contributed by atoms with Crippen LogP contribution in [-0.2, 0) is 17.1 Å². The minimum Gasteiger partial charge on any atom is -0.506 e. The van der Waals surface area contributed by atoms with Crippen LogP contribution in [0.25, 0.3) is 16.5 Å². The van der Waals surface area contributed by atoms with E-state index in [-0.39, 0.29) is 45.6 Å². The van der Waals surface area contributed by atoms with Crippen LogP contribution in [0.15, 0.2) is 104 Å². The van der Waals surface area contributed by atoms with Crippen molar-refractivity contribution < 1.29 is 41.9 Å². The van der Waals surface area contributed by atoms with Crippen LogP contribution in [0.5, 0.6) is 17.2 Å². The summed E-state index contributed by atoms with van der Waals surface area (Å²) >= 11 is 0. The molecule has 46 heavy (non-hydrogen) atoms. The second kappa shape index (κ2) is 19.2. The summed E-state index contributed by atoms with van der Waals surface area (Å²) < 4.78 is 6.22. The van der Waals surface area contributed by atoms with Gasteiger partial charge in [-0.2, -0.15) is 5.11 Å². The minimum atomic E-state index is -1.26. The van der Waals surface area contributed by atoms with Gasteiger partial charge in [0.15, 0.2) is 17.1 Å².